The monoisotopic (exact) mass is 447 g/mol. The SMILES string of the molecule is CCOC(=O)c1c(C)[nH]c(C(=O)N2CCN(S(=O)(=O)c3cc(C)ccc3C)CC2)c1C. The van der Waals surface area contributed by atoms with Crippen molar-refractivity contribution in [3.63, 3.8) is 0 Å². The molecule has 0 radical (unpaired) electrons. The van der Waals surface area contributed by atoms with Crippen molar-refractivity contribution in [3.05, 3.63) is 51.8 Å². The molecular weight excluding hydrogens is 418 g/mol. The highest BCUT2D eigenvalue weighted by atomic mass is 32.2. The maximum Gasteiger partial charge on any atom is 0.340 e. The summed E-state index contributed by atoms with van der Waals surface area (Å²) in [6.45, 7) is 10.0. The number of hydrogen-bond acceptors (Lipinski definition) is 5. The van der Waals surface area contributed by atoms with E-state index in [0.717, 1.165) is 5.56 Å². The predicted octanol–water partition coefficient (Wildman–Crippen LogP) is 2.57. The molecule has 2 aromatic rings. The van der Waals surface area contributed by atoms with Crippen molar-refractivity contribution in [2.75, 3.05) is 32.8 Å². The fourth-order valence-electron chi connectivity index (χ4n) is 3.89. The van der Waals surface area contributed by atoms with Gasteiger partial charge in [-0.05, 0) is 57.4 Å². The zero-order chi connectivity index (χ0) is 22.9. The second-order valence-electron chi connectivity index (χ2n) is 7.81. The maximum absolute atomic E-state index is 13.1. The molecule has 1 amide bonds. The minimum absolute atomic E-state index is 0.213. The molecule has 0 spiro atoms. The Labute approximate surface area is 183 Å². The topological polar surface area (TPSA) is 99.8 Å². The van der Waals surface area contributed by atoms with E-state index in [1.165, 1.54) is 4.31 Å². The number of carbonyl (C=O) groups excluding carboxylic acids is 2. The van der Waals surface area contributed by atoms with Gasteiger partial charge < -0.3 is 14.6 Å². The smallest absolute Gasteiger partial charge is 0.340 e. The third-order valence-corrected chi connectivity index (χ3v) is 7.66. The lowest BCUT2D eigenvalue weighted by molar-refractivity contribution is 0.0525. The minimum Gasteiger partial charge on any atom is -0.462 e. The number of amides is 1. The van der Waals surface area contributed by atoms with Gasteiger partial charge in [0.05, 0.1) is 17.1 Å². The summed E-state index contributed by atoms with van der Waals surface area (Å²) >= 11 is 0. The van der Waals surface area contributed by atoms with E-state index in [2.05, 4.69) is 4.98 Å². The van der Waals surface area contributed by atoms with Gasteiger partial charge in [0.1, 0.15) is 5.69 Å². The molecule has 1 saturated heterocycles. The number of ether oxygens (including phenoxy) is 1. The lowest BCUT2D eigenvalue weighted by Crippen LogP contribution is -2.50. The predicted molar refractivity (Wildman–Crippen MR) is 117 cm³/mol. The van der Waals surface area contributed by atoms with Gasteiger partial charge in [0.15, 0.2) is 0 Å². The Hall–Kier alpha value is -2.65. The molecule has 0 atom stereocenters. The summed E-state index contributed by atoms with van der Waals surface area (Å²) < 4.78 is 32.7. The molecule has 8 nitrogen and oxygen atoms in total. The molecule has 0 bridgehead atoms. The summed E-state index contributed by atoms with van der Waals surface area (Å²) in [5, 5.41) is 0. The number of esters is 1. The molecule has 0 aliphatic carbocycles. The fraction of sp³-hybridized carbons (Fsp3) is 0.455. The van der Waals surface area contributed by atoms with Crippen LogP contribution in [-0.2, 0) is 14.8 Å². The summed E-state index contributed by atoms with van der Waals surface area (Å²) in [5.74, 6) is -0.711. The van der Waals surface area contributed by atoms with Crippen LogP contribution < -0.4 is 0 Å². The van der Waals surface area contributed by atoms with Crippen LogP contribution in [0.3, 0.4) is 0 Å². The van der Waals surface area contributed by atoms with Crippen molar-refractivity contribution in [1.29, 1.82) is 0 Å². The van der Waals surface area contributed by atoms with Crippen LogP contribution in [0.15, 0.2) is 23.1 Å². The number of aromatic nitrogens is 1. The van der Waals surface area contributed by atoms with Crippen LogP contribution in [0.5, 0.6) is 0 Å². The first-order chi connectivity index (χ1) is 14.6. The van der Waals surface area contributed by atoms with Crippen LogP contribution in [0.1, 0.15) is 50.2 Å². The zero-order valence-electron chi connectivity index (χ0n) is 18.6. The van der Waals surface area contributed by atoms with Gasteiger partial charge in [-0.25, -0.2) is 13.2 Å². The Morgan fingerprint density at radius 1 is 1.06 bits per heavy atom. The minimum atomic E-state index is -3.63. The molecule has 31 heavy (non-hydrogen) atoms. The highest BCUT2D eigenvalue weighted by molar-refractivity contribution is 7.89. The molecular formula is C22H29N3O5S. The first-order valence-corrected chi connectivity index (χ1v) is 11.7. The van der Waals surface area contributed by atoms with Crippen LogP contribution in [0, 0.1) is 27.7 Å². The van der Waals surface area contributed by atoms with Crippen LogP contribution in [-0.4, -0.2) is 67.3 Å². The summed E-state index contributed by atoms with van der Waals surface area (Å²) in [6.07, 6.45) is 0. The molecule has 1 N–H and O–H groups in total. The number of sulfonamides is 1. The molecule has 3 rings (SSSR count). The lowest BCUT2D eigenvalue weighted by Gasteiger charge is -2.34. The van der Waals surface area contributed by atoms with E-state index in [1.807, 2.05) is 13.0 Å². The number of aryl methyl sites for hydroxylation is 3. The van der Waals surface area contributed by atoms with Crippen molar-refractivity contribution in [2.24, 2.45) is 0 Å². The van der Waals surface area contributed by atoms with E-state index >= 15 is 0 Å². The van der Waals surface area contributed by atoms with Crippen LogP contribution >= 0.6 is 0 Å². The zero-order valence-corrected chi connectivity index (χ0v) is 19.4. The van der Waals surface area contributed by atoms with Crippen molar-refractivity contribution < 1.29 is 22.7 Å². The van der Waals surface area contributed by atoms with Gasteiger partial charge in [-0.2, -0.15) is 4.31 Å². The molecule has 1 aromatic carbocycles. The molecule has 2 heterocycles. The lowest BCUT2D eigenvalue weighted by atomic mass is 10.1. The number of H-pyrrole nitrogens is 1. The van der Waals surface area contributed by atoms with Crippen molar-refractivity contribution >= 4 is 21.9 Å². The largest absolute Gasteiger partial charge is 0.462 e. The van der Waals surface area contributed by atoms with Gasteiger partial charge in [-0.15, -0.1) is 0 Å². The number of piperazine rings is 1. The van der Waals surface area contributed by atoms with Crippen molar-refractivity contribution in [1.82, 2.24) is 14.2 Å². The number of nitrogens with zero attached hydrogens (tertiary/aromatic N) is 2. The maximum atomic E-state index is 13.1. The van der Waals surface area contributed by atoms with Crippen LogP contribution in [0.4, 0.5) is 0 Å². The molecule has 1 aromatic heterocycles. The number of rotatable bonds is 5. The van der Waals surface area contributed by atoms with E-state index < -0.39 is 16.0 Å². The quantitative estimate of drug-likeness (QED) is 0.710. The Kier molecular flexibility index (Phi) is 6.56. The molecule has 168 valence electrons. The first kappa shape index (κ1) is 23.0. The van der Waals surface area contributed by atoms with Crippen molar-refractivity contribution in [2.45, 2.75) is 39.5 Å². The molecule has 1 aliphatic rings. The van der Waals surface area contributed by atoms with Gasteiger partial charge in [-0.1, -0.05) is 12.1 Å². The average molecular weight is 448 g/mol. The Morgan fingerprint density at radius 2 is 1.71 bits per heavy atom. The van der Waals surface area contributed by atoms with E-state index in [4.69, 9.17) is 4.74 Å². The standard InChI is InChI=1S/C22H29N3O5S/c1-6-30-22(27)19-16(4)20(23-17(19)5)21(26)24-9-11-25(12-10-24)31(28,29)18-13-14(2)7-8-15(18)3/h7-8,13,23H,6,9-12H2,1-5H3. The average Bonchev–Trinajstić information content (AvgIpc) is 3.03. The first-order valence-electron chi connectivity index (χ1n) is 10.3. The molecule has 1 aliphatic heterocycles. The Bertz CT molecular complexity index is 1110. The number of nitrogens with one attached hydrogen (secondary N) is 1. The molecule has 0 unspecified atom stereocenters. The van der Waals surface area contributed by atoms with Crippen LogP contribution in [0.2, 0.25) is 0 Å². The fourth-order valence-corrected chi connectivity index (χ4v) is 5.62. The van der Waals surface area contributed by atoms with Gasteiger partial charge in [0.25, 0.3) is 5.91 Å². The van der Waals surface area contributed by atoms with E-state index in [-0.39, 0.29) is 38.7 Å². The van der Waals surface area contributed by atoms with Crippen molar-refractivity contribution in [3.8, 4) is 0 Å². The van der Waals surface area contributed by atoms with Gasteiger partial charge in [0.2, 0.25) is 10.0 Å². The summed E-state index contributed by atoms with van der Waals surface area (Å²) in [5.41, 5.74) is 3.43. The number of benzene rings is 1. The summed E-state index contributed by atoms with van der Waals surface area (Å²) in [7, 11) is -3.63. The molecule has 1 fully saturated rings. The molecule has 0 saturated carbocycles. The van der Waals surface area contributed by atoms with E-state index in [0.29, 0.717) is 33.0 Å². The van der Waals surface area contributed by atoms with Gasteiger partial charge in [0, 0.05) is 31.9 Å². The Balaban J connectivity index is 1.76. The number of carbonyl (C=O) groups is 2. The third kappa shape index (κ3) is 4.38. The molecule has 9 heteroatoms. The number of aromatic amines is 1. The van der Waals surface area contributed by atoms with Gasteiger partial charge >= 0.3 is 5.97 Å². The van der Waals surface area contributed by atoms with E-state index in [9.17, 15) is 18.0 Å². The second-order valence-corrected chi connectivity index (χ2v) is 9.72. The third-order valence-electron chi connectivity index (χ3n) is 5.62. The number of hydrogen-bond donors (Lipinski definition) is 1. The highest BCUT2D eigenvalue weighted by Gasteiger charge is 2.33. The highest BCUT2D eigenvalue weighted by Crippen LogP contribution is 2.24. The van der Waals surface area contributed by atoms with Crippen LogP contribution in [0.25, 0.3) is 0 Å². The van der Waals surface area contributed by atoms with E-state index in [1.54, 1.807) is 44.7 Å². The Morgan fingerprint density at radius 3 is 2.32 bits per heavy atom. The van der Waals surface area contributed by atoms with Gasteiger partial charge in [-0.3, -0.25) is 4.79 Å². The summed E-state index contributed by atoms with van der Waals surface area (Å²) in [4.78, 5) is 30.2. The second kappa shape index (κ2) is 8.84. The normalized spacial score (nSPS) is 15.2. The summed E-state index contributed by atoms with van der Waals surface area (Å²) in [6, 6.07) is 5.37.